The van der Waals surface area contributed by atoms with E-state index in [-0.39, 0.29) is 0 Å². The number of aliphatic hydroxyl groups is 1. The fraction of sp³-hybridized carbons (Fsp3) is 0.455. The molecule has 0 bridgehead atoms. The van der Waals surface area contributed by atoms with Gasteiger partial charge in [0, 0.05) is 5.02 Å². The van der Waals surface area contributed by atoms with Gasteiger partial charge in [0.1, 0.15) is 0 Å². The number of nitrogens with one attached hydrogen (secondary N) is 1. The van der Waals surface area contributed by atoms with E-state index in [1.807, 2.05) is 0 Å². The molecular formula is C11H13ClF3NO. The van der Waals surface area contributed by atoms with E-state index in [0.717, 1.165) is 5.56 Å². The van der Waals surface area contributed by atoms with Gasteiger partial charge in [0.25, 0.3) is 0 Å². The molecule has 0 aliphatic rings. The normalized spacial score (nSPS) is 13.8. The average Bonchev–Trinajstić information content (AvgIpc) is 2.22. The number of benzene rings is 1. The number of halogens is 4. The standard InChI is InChI=1S/C11H13ClF3NO/c1-7-2-3-8(4-9(7)12)10(5-17)16-6-11(13,14)15/h2-4,10,16-17H,5-6H2,1H3. The number of aliphatic hydroxyl groups excluding tert-OH is 1. The van der Waals surface area contributed by atoms with Gasteiger partial charge in [-0.05, 0) is 24.1 Å². The minimum Gasteiger partial charge on any atom is -0.394 e. The largest absolute Gasteiger partial charge is 0.401 e. The lowest BCUT2D eigenvalue weighted by Crippen LogP contribution is -2.33. The predicted molar refractivity (Wildman–Crippen MR) is 60.1 cm³/mol. The Morgan fingerprint density at radius 3 is 2.53 bits per heavy atom. The van der Waals surface area contributed by atoms with E-state index >= 15 is 0 Å². The van der Waals surface area contributed by atoms with Crippen LogP contribution in [0.4, 0.5) is 13.2 Å². The maximum absolute atomic E-state index is 12.0. The first kappa shape index (κ1) is 14.3. The second-order valence-electron chi connectivity index (χ2n) is 3.74. The molecule has 6 heteroatoms. The Labute approximate surface area is 102 Å². The molecule has 0 saturated heterocycles. The first-order valence-electron chi connectivity index (χ1n) is 5.00. The first-order valence-corrected chi connectivity index (χ1v) is 5.38. The van der Waals surface area contributed by atoms with Gasteiger partial charge in [-0.25, -0.2) is 0 Å². The maximum atomic E-state index is 12.0. The molecule has 0 aromatic heterocycles. The molecule has 0 heterocycles. The topological polar surface area (TPSA) is 32.3 Å². The molecule has 0 radical (unpaired) electrons. The van der Waals surface area contributed by atoms with Crippen LogP contribution in [0.2, 0.25) is 5.02 Å². The lowest BCUT2D eigenvalue weighted by atomic mass is 10.1. The van der Waals surface area contributed by atoms with Gasteiger partial charge in [-0.15, -0.1) is 0 Å². The minimum atomic E-state index is -4.30. The van der Waals surface area contributed by atoms with Crippen molar-refractivity contribution < 1.29 is 18.3 Å². The molecule has 0 aliphatic carbocycles. The Hall–Kier alpha value is -0.780. The van der Waals surface area contributed by atoms with Gasteiger partial charge in [0.2, 0.25) is 0 Å². The molecule has 0 fully saturated rings. The monoisotopic (exact) mass is 267 g/mol. The Morgan fingerprint density at radius 2 is 2.06 bits per heavy atom. The van der Waals surface area contributed by atoms with Crippen molar-refractivity contribution in [3.8, 4) is 0 Å². The predicted octanol–water partition coefficient (Wildman–Crippen LogP) is 2.83. The molecule has 0 spiro atoms. The van der Waals surface area contributed by atoms with Crippen LogP contribution in [0.3, 0.4) is 0 Å². The van der Waals surface area contributed by atoms with E-state index in [1.54, 1.807) is 25.1 Å². The molecule has 2 N–H and O–H groups in total. The molecule has 0 amide bonds. The summed E-state index contributed by atoms with van der Waals surface area (Å²) in [5.41, 5.74) is 1.37. The van der Waals surface area contributed by atoms with E-state index in [1.165, 1.54) is 0 Å². The molecule has 1 aromatic carbocycles. The van der Waals surface area contributed by atoms with E-state index in [9.17, 15) is 13.2 Å². The molecule has 1 aromatic rings. The highest BCUT2D eigenvalue weighted by molar-refractivity contribution is 6.31. The molecule has 96 valence electrons. The Morgan fingerprint density at radius 1 is 1.41 bits per heavy atom. The number of hydrogen-bond acceptors (Lipinski definition) is 2. The van der Waals surface area contributed by atoms with Gasteiger partial charge in [-0.3, -0.25) is 5.32 Å². The number of alkyl halides is 3. The summed E-state index contributed by atoms with van der Waals surface area (Å²) in [5, 5.41) is 11.8. The summed E-state index contributed by atoms with van der Waals surface area (Å²) in [6.07, 6.45) is -4.30. The summed E-state index contributed by atoms with van der Waals surface area (Å²) < 4.78 is 36.1. The van der Waals surface area contributed by atoms with Gasteiger partial charge >= 0.3 is 6.18 Å². The van der Waals surface area contributed by atoms with Crippen molar-refractivity contribution in [2.45, 2.75) is 19.1 Å². The van der Waals surface area contributed by atoms with Crippen LogP contribution in [0.5, 0.6) is 0 Å². The van der Waals surface area contributed by atoms with Crippen molar-refractivity contribution in [3.63, 3.8) is 0 Å². The van der Waals surface area contributed by atoms with Crippen molar-refractivity contribution in [1.29, 1.82) is 0 Å². The quantitative estimate of drug-likeness (QED) is 0.879. The smallest absolute Gasteiger partial charge is 0.394 e. The Kier molecular flexibility index (Phi) is 4.80. The van der Waals surface area contributed by atoms with E-state index < -0.39 is 25.4 Å². The third-order valence-electron chi connectivity index (χ3n) is 2.33. The summed E-state index contributed by atoms with van der Waals surface area (Å²) in [7, 11) is 0. The summed E-state index contributed by atoms with van der Waals surface area (Å²) in [5.74, 6) is 0. The van der Waals surface area contributed by atoms with E-state index in [2.05, 4.69) is 5.32 Å². The lowest BCUT2D eigenvalue weighted by Gasteiger charge is -2.18. The minimum absolute atomic E-state index is 0.421. The molecular weight excluding hydrogens is 255 g/mol. The summed E-state index contributed by atoms with van der Waals surface area (Å²) in [6.45, 7) is 0.225. The molecule has 17 heavy (non-hydrogen) atoms. The van der Waals surface area contributed by atoms with Crippen LogP contribution >= 0.6 is 11.6 Å². The Balaban J connectivity index is 2.76. The van der Waals surface area contributed by atoms with Crippen LogP contribution in [0.15, 0.2) is 18.2 Å². The second-order valence-corrected chi connectivity index (χ2v) is 4.15. The van der Waals surface area contributed by atoms with Gasteiger partial charge in [-0.2, -0.15) is 13.2 Å². The van der Waals surface area contributed by atoms with Crippen LogP contribution in [0.25, 0.3) is 0 Å². The van der Waals surface area contributed by atoms with Gasteiger partial charge in [0.15, 0.2) is 0 Å². The fourth-order valence-electron chi connectivity index (χ4n) is 1.35. The van der Waals surface area contributed by atoms with Crippen LogP contribution in [-0.4, -0.2) is 24.4 Å². The van der Waals surface area contributed by atoms with Crippen LogP contribution < -0.4 is 5.32 Å². The highest BCUT2D eigenvalue weighted by Crippen LogP contribution is 2.22. The third-order valence-corrected chi connectivity index (χ3v) is 2.74. The lowest BCUT2D eigenvalue weighted by molar-refractivity contribution is -0.126. The highest BCUT2D eigenvalue weighted by atomic mass is 35.5. The summed E-state index contributed by atoms with van der Waals surface area (Å²) in [4.78, 5) is 0. The molecule has 2 nitrogen and oxygen atoms in total. The van der Waals surface area contributed by atoms with Gasteiger partial charge in [0.05, 0.1) is 19.2 Å². The summed E-state index contributed by atoms with van der Waals surface area (Å²) >= 11 is 5.87. The fourth-order valence-corrected chi connectivity index (χ4v) is 1.54. The van der Waals surface area contributed by atoms with Crippen LogP contribution in [-0.2, 0) is 0 Å². The summed E-state index contributed by atoms with van der Waals surface area (Å²) in [6, 6.07) is 4.14. The van der Waals surface area contributed by atoms with Crippen molar-refractivity contribution in [1.82, 2.24) is 5.32 Å². The van der Waals surface area contributed by atoms with Gasteiger partial charge < -0.3 is 5.11 Å². The molecule has 0 saturated carbocycles. The number of hydrogen-bond donors (Lipinski definition) is 2. The zero-order chi connectivity index (χ0) is 13.1. The van der Waals surface area contributed by atoms with Crippen molar-refractivity contribution in [2.75, 3.05) is 13.2 Å². The molecule has 1 atom stereocenters. The number of aryl methyl sites for hydroxylation is 1. The van der Waals surface area contributed by atoms with Crippen molar-refractivity contribution in [3.05, 3.63) is 34.3 Å². The average molecular weight is 268 g/mol. The Bertz CT molecular complexity index is 381. The van der Waals surface area contributed by atoms with E-state index in [0.29, 0.717) is 10.6 Å². The molecule has 1 rings (SSSR count). The van der Waals surface area contributed by atoms with Crippen molar-refractivity contribution in [2.24, 2.45) is 0 Å². The highest BCUT2D eigenvalue weighted by Gasteiger charge is 2.28. The molecule has 0 aliphatic heterocycles. The van der Waals surface area contributed by atoms with Gasteiger partial charge in [-0.1, -0.05) is 23.7 Å². The molecule has 1 unspecified atom stereocenters. The second kappa shape index (κ2) is 5.71. The van der Waals surface area contributed by atoms with Crippen LogP contribution in [0, 0.1) is 6.92 Å². The maximum Gasteiger partial charge on any atom is 0.401 e. The van der Waals surface area contributed by atoms with Crippen molar-refractivity contribution >= 4 is 11.6 Å². The zero-order valence-corrected chi connectivity index (χ0v) is 9.94. The third kappa shape index (κ3) is 4.53. The zero-order valence-electron chi connectivity index (χ0n) is 9.18. The SMILES string of the molecule is Cc1ccc(C(CO)NCC(F)(F)F)cc1Cl. The number of rotatable bonds is 4. The van der Waals surface area contributed by atoms with Crippen LogP contribution in [0.1, 0.15) is 17.2 Å². The first-order chi connectivity index (χ1) is 7.83. The van der Waals surface area contributed by atoms with E-state index in [4.69, 9.17) is 16.7 Å².